The Morgan fingerprint density at radius 3 is 2.50 bits per heavy atom. The predicted molar refractivity (Wildman–Crippen MR) is 71.2 cm³/mol. The predicted octanol–water partition coefficient (Wildman–Crippen LogP) is 1.25. The van der Waals surface area contributed by atoms with Crippen molar-refractivity contribution < 1.29 is 24.2 Å². The fraction of sp³-hybridized carbons (Fsp3) is 0.429. The number of carbonyl (C=O) groups excluding carboxylic acids is 1. The minimum absolute atomic E-state index is 0.185. The Hall–Kier alpha value is -2.24. The lowest BCUT2D eigenvalue weighted by Crippen LogP contribution is -2.29. The second-order valence-corrected chi connectivity index (χ2v) is 4.64. The summed E-state index contributed by atoms with van der Waals surface area (Å²) in [4.78, 5) is 24.8. The van der Waals surface area contributed by atoms with Crippen LogP contribution in [0.1, 0.15) is 16.8 Å². The zero-order valence-corrected chi connectivity index (χ0v) is 11.5. The summed E-state index contributed by atoms with van der Waals surface area (Å²) in [5.41, 5.74) is 0.466. The van der Waals surface area contributed by atoms with Crippen LogP contribution in [0.25, 0.3) is 0 Å². The van der Waals surface area contributed by atoms with E-state index in [0.29, 0.717) is 30.0 Å². The molecule has 1 N–H and O–H groups in total. The van der Waals surface area contributed by atoms with Crippen LogP contribution < -0.4 is 9.47 Å². The molecule has 1 amide bonds. The molecule has 1 heterocycles. The summed E-state index contributed by atoms with van der Waals surface area (Å²) in [5, 5.41) is 8.96. The van der Waals surface area contributed by atoms with E-state index < -0.39 is 11.9 Å². The molecule has 0 spiro atoms. The van der Waals surface area contributed by atoms with Crippen LogP contribution in [-0.4, -0.2) is 49.2 Å². The molecule has 0 aromatic heterocycles. The van der Waals surface area contributed by atoms with E-state index >= 15 is 0 Å². The lowest BCUT2D eigenvalue weighted by atomic mass is 10.1. The van der Waals surface area contributed by atoms with Crippen molar-refractivity contribution in [3.05, 3.63) is 23.8 Å². The Balaban J connectivity index is 2.16. The molecule has 1 fully saturated rings. The quantitative estimate of drug-likeness (QED) is 0.897. The number of carboxylic acids is 1. The van der Waals surface area contributed by atoms with Gasteiger partial charge in [-0.25, -0.2) is 0 Å². The number of methoxy groups -OCH3 is 2. The minimum Gasteiger partial charge on any atom is -0.493 e. The van der Waals surface area contributed by atoms with Gasteiger partial charge in [-0.1, -0.05) is 0 Å². The third kappa shape index (κ3) is 2.68. The van der Waals surface area contributed by atoms with Crippen molar-refractivity contribution in [1.29, 1.82) is 0 Å². The Kier molecular flexibility index (Phi) is 4.12. The molecule has 1 atom stereocenters. The summed E-state index contributed by atoms with van der Waals surface area (Å²) in [5.74, 6) is -0.484. The molecule has 108 valence electrons. The first kappa shape index (κ1) is 14.2. The van der Waals surface area contributed by atoms with E-state index in [2.05, 4.69) is 0 Å². The van der Waals surface area contributed by atoms with E-state index in [-0.39, 0.29) is 12.5 Å². The van der Waals surface area contributed by atoms with Gasteiger partial charge in [0.05, 0.1) is 20.1 Å². The zero-order chi connectivity index (χ0) is 14.7. The molecule has 1 saturated heterocycles. The molecule has 0 saturated carbocycles. The van der Waals surface area contributed by atoms with E-state index in [0.717, 1.165) is 0 Å². The third-order valence-corrected chi connectivity index (χ3v) is 3.46. The van der Waals surface area contributed by atoms with Crippen LogP contribution >= 0.6 is 0 Å². The highest BCUT2D eigenvalue weighted by molar-refractivity contribution is 5.95. The average Bonchev–Trinajstić information content (AvgIpc) is 2.95. The molecule has 1 unspecified atom stereocenters. The molecule has 6 heteroatoms. The van der Waals surface area contributed by atoms with Crippen LogP contribution in [0.2, 0.25) is 0 Å². The normalized spacial score (nSPS) is 17.9. The van der Waals surface area contributed by atoms with Crippen LogP contribution in [0.15, 0.2) is 18.2 Å². The maximum Gasteiger partial charge on any atom is 0.308 e. The molecule has 0 radical (unpaired) electrons. The van der Waals surface area contributed by atoms with Crippen molar-refractivity contribution in [2.24, 2.45) is 5.92 Å². The summed E-state index contributed by atoms with van der Waals surface area (Å²) in [6.07, 6.45) is 0.494. The maximum atomic E-state index is 12.3. The number of benzene rings is 1. The SMILES string of the molecule is COc1ccc(C(=O)N2CCC(C(=O)O)C2)cc1OC. The molecular weight excluding hydrogens is 262 g/mol. The van der Waals surface area contributed by atoms with Gasteiger partial charge in [0.2, 0.25) is 0 Å². The van der Waals surface area contributed by atoms with Crippen molar-refractivity contribution in [2.45, 2.75) is 6.42 Å². The van der Waals surface area contributed by atoms with Gasteiger partial charge in [-0.15, -0.1) is 0 Å². The Morgan fingerprint density at radius 2 is 1.95 bits per heavy atom. The van der Waals surface area contributed by atoms with E-state index in [1.165, 1.54) is 14.2 Å². The van der Waals surface area contributed by atoms with Gasteiger partial charge >= 0.3 is 5.97 Å². The highest BCUT2D eigenvalue weighted by Gasteiger charge is 2.31. The minimum atomic E-state index is -0.854. The number of amides is 1. The number of hydrogen-bond acceptors (Lipinski definition) is 4. The standard InChI is InChI=1S/C14H17NO5/c1-19-11-4-3-9(7-12(11)20-2)13(16)15-6-5-10(8-15)14(17)18/h3-4,7,10H,5-6,8H2,1-2H3,(H,17,18). The second-order valence-electron chi connectivity index (χ2n) is 4.64. The Morgan fingerprint density at radius 1 is 1.25 bits per heavy atom. The molecule has 20 heavy (non-hydrogen) atoms. The van der Waals surface area contributed by atoms with Gasteiger partial charge in [-0.3, -0.25) is 9.59 Å². The highest BCUT2D eigenvalue weighted by atomic mass is 16.5. The lowest BCUT2D eigenvalue weighted by Gasteiger charge is -2.17. The molecule has 0 bridgehead atoms. The Labute approximate surface area is 116 Å². The molecule has 1 aliphatic rings. The summed E-state index contributed by atoms with van der Waals surface area (Å²) < 4.78 is 10.3. The molecule has 1 aromatic rings. The first-order chi connectivity index (χ1) is 9.56. The first-order valence-corrected chi connectivity index (χ1v) is 6.31. The van der Waals surface area contributed by atoms with Crippen molar-refractivity contribution in [2.75, 3.05) is 27.3 Å². The number of ether oxygens (including phenoxy) is 2. The molecule has 0 aliphatic carbocycles. The van der Waals surface area contributed by atoms with Crippen molar-refractivity contribution >= 4 is 11.9 Å². The van der Waals surface area contributed by atoms with Crippen LogP contribution in [0.5, 0.6) is 11.5 Å². The lowest BCUT2D eigenvalue weighted by molar-refractivity contribution is -0.141. The number of nitrogens with zero attached hydrogens (tertiary/aromatic N) is 1. The summed E-state index contributed by atoms with van der Waals surface area (Å²) in [6, 6.07) is 4.92. The molecular formula is C14H17NO5. The second kappa shape index (κ2) is 5.81. The number of aliphatic carboxylic acids is 1. The fourth-order valence-corrected chi connectivity index (χ4v) is 2.30. The maximum absolute atomic E-state index is 12.3. The monoisotopic (exact) mass is 279 g/mol. The van der Waals surface area contributed by atoms with Crippen LogP contribution in [0.4, 0.5) is 0 Å². The van der Waals surface area contributed by atoms with Gasteiger partial charge in [-0.05, 0) is 24.6 Å². The van der Waals surface area contributed by atoms with Gasteiger partial charge in [-0.2, -0.15) is 0 Å². The van der Waals surface area contributed by atoms with E-state index in [4.69, 9.17) is 14.6 Å². The van der Waals surface area contributed by atoms with E-state index in [1.54, 1.807) is 23.1 Å². The fourth-order valence-electron chi connectivity index (χ4n) is 2.30. The molecule has 1 aliphatic heterocycles. The van der Waals surface area contributed by atoms with Crippen LogP contribution in [0, 0.1) is 5.92 Å². The average molecular weight is 279 g/mol. The van der Waals surface area contributed by atoms with Gasteiger partial charge in [0.1, 0.15) is 0 Å². The highest BCUT2D eigenvalue weighted by Crippen LogP contribution is 2.29. The van der Waals surface area contributed by atoms with Crippen molar-refractivity contribution in [1.82, 2.24) is 4.90 Å². The molecule has 2 rings (SSSR count). The van der Waals surface area contributed by atoms with E-state index in [1.807, 2.05) is 0 Å². The van der Waals surface area contributed by atoms with E-state index in [9.17, 15) is 9.59 Å². The largest absolute Gasteiger partial charge is 0.493 e. The number of carboxylic acid groups (broad SMARTS) is 1. The smallest absolute Gasteiger partial charge is 0.308 e. The van der Waals surface area contributed by atoms with Gasteiger partial charge in [0, 0.05) is 18.7 Å². The Bertz CT molecular complexity index is 528. The van der Waals surface area contributed by atoms with Gasteiger partial charge in [0.15, 0.2) is 11.5 Å². The number of likely N-dealkylation sites (tertiary alicyclic amines) is 1. The summed E-state index contributed by atoms with van der Waals surface area (Å²) in [6.45, 7) is 0.715. The topological polar surface area (TPSA) is 76.1 Å². The summed E-state index contributed by atoms with van der Waals surface area (Å²) >= 11 is 0. The number of carbonyl (C=O) groups is 2. The molecule has 1 aromatic carbocycles. The zero-order valence-electron chi connectivity index (χ0n) is 11.5. The molecule has 6 nitrogen and oxygen atoms in total. The van der Waals surface area contributed by atoms with Crippen LogP contribution in [-0.2, 0) is 4.79 Å². The van der Waals surface area contributed by atoms with Crippen LogP contribution in [0.3, 0.4) is 0 Å². The number of hydrogen-bond donors (Lipinski definition) is 1. The first-order valence-electron chi connectivity index (χ1n) is 6.31. The summed E-state index contributed by atoms with van der Waals surface area (Å²) in [7, 11) is 3.03. The van der Waals surface area contributed by atoms with Crippen molar-refractivity contribution in [3.8, 4) is 11.5 Å². The number of rotatable bonds is 4. The van der Waals surface area contributed by atoms with Crippen molar-refractivity contribution in [3.63, 3.8) is 0 Å². The van der Waals surface area contributed by atoms with Gasteiger partial charge < -0.3 is 19.5 Å². The van der Waals surface area contributed by atoms with Gasteiger partial charge in [0.25, 0.3) is 5.91 Å². The third-order valence-electron chi connectivity index (χ3n) is 3.46.